The molecule has 1 aromatic carbocycles. The number of carboxylic acids is 1. The zero-order valence-electron chi connectivity index (χ0n) is 8.97. The van der Waals surface area contributed by atoms with Crippen LogP contribution in [0.4, 0.5) is 10.1 Å². The van der Waals surface area contributed by atoms with Crippen molar-refractivity contribution in [3.63, 3.8) is 0 Å². The van der Waals surface area contributed by atoms with Crippen LogP contribution in [0.5, 0.6) is 5.75 Å². The van der Waals surface area contributed by atoms with Gasteiger partial charge in [-0.25, -0.2) is 9.18 Å². The van der Waals surface area contributed by atoms with E-state index in [0.717, 1.165) is 6.07 Å². The summed E-state index contributed by atoms with van der Waals surface area (Å²) in [5.74, 6) is -2.89. The summed E-state index contributed by atoms with van der Waals surface area (Å²) in [7, 11) is 0. The molecule has 1 aromatic rings. The van der Waals surface area contributed by atoms with Crippen LogP contribution in [0, 0.1) is 15.9 Å². The Labute approximate surface area is 95.8 Å². The number of hydrogen-bond acceptors (Lipinski definition) is 4. The SMILES string of the molecule is CCCOc1cc(F)c(C(=O)O)cc1[N+](=O)[O-]. The molecule has 0 radical (unpaired) electrons. The van der Waals surface area contributed by atoms with Crippen LogP contribution in [0.15, 0.2) is 12.1 Å². The molecule has 0 spiro atoms. The molecular weight excluding hydrogens is 233 g/mol. The Balaban J connectivity index is 3.25. The Hall–Kier alpha value is -2.18. The van der Waals surface area contributed by atoms with E-state index in [1.165, 1.54) is 0 Å². The van der Waals surface area contributed by atoms with Gasteiger partial charge in [-0.1, -0.05) is 6.92 Å². The standard InChI is InChI=1S/C10H10FNO5/c1-2-3-17-9-5-7(11)6(10(13)14)4-8(9)12(15)16/h4-5H,2-3H2,1H3,(H,13,14). The molecule has 0 bridgehead atoms. The van der Waals surface area contributed by atoms with Gasteiger partial charge in [-0.15, -0.1) is 0 Å². The van der Waals surface area contributed by atoms with Crippen LogP contribution in [0.3, 0.4) is 0 Å². The van der Waals surface area contributed by atoms with Crippen LogP contribution in [-0.4, -0.2) is 22.6 Å². The summed E-state index contributed by atoms with van der Waals surface area (Å²) in [5.41, 5.74) is -1.31. The molecule has 0 amide bonds. The largest absolute Gasteiger partial charge is 0.487 e. The van der Waals surface area contributed by atoms with Crippen LogP contribution in [0.2, 0.25) is 0 Å². The summed E-state index contributed by atoms with van der Waals surface area (Å²) in [6.45, 7) is 1.97. The van der Waals surface area contributed by atoms with Crippen LogP contribution in [0.25, 0.3) is 0 Å². The van der Waals surface area contributed by atoms with E-state index in [-0.39, 0.29) is 12.4 Å². The Morgan fingerprint density at radius 3 is 2.71 bits per heavy atom. The molecule has 1 N–H and O–H groups in total. The van der Waals surface area contributed by atoms with Crippen LogP contribution in [-0.2, 0) is 0 Å². The number of aromatic carboxylic acids is 1. The molecular formula is C10H10FNO5. The van der Waals surface area contributed by atoms with E-state index in [9.17, 15) is 19.3 Å². The van der Waals surface area contributed by atoms with Gasteiger partial charge in [0.1, 0.15) is 11.4 Å². The number of rotatable bonds is 5. The monoisotopic (exact) mass is 243 g/mol. The minimum atomic E-state index is -1.56. The molecule has 1 rings (SSSR count). The normalized spacial score (nSPS) is 10.0. The van der Waals surface area contributed by atoms with E-state index in [4.69, 9.17) is 9.84 Å². The molecule has 0 heterocycles. The van der Waals surface area contributed by atoms with Crippen molar-refractivity contribution in [2.75, 3.05) is 6.61 Å². The molecule has 17 heavy (non-hydrogen) atoms. The van der Waals surface area contributed by atoms with Crippen molar-refractivity contribution in [3.8, 4) is 5.75 Å². The second-order valence-corrected chi connectivity index (χ2v) is 3.21. The summed E-state index contributed by atoms with van der Waals surface area (Å²) >= 11 is 0. The van der Waals surface area contributed by atoms with Crippen molar-refractivity contribution in [2.24, 2.45) is 0 Å². The molecule has 0 aliphatic carbocycles. The molecule has 0 unspecified atom stereocenters. The highest BCUT2D eigenvalue weighted by Gasteiger charge is 2.22. The lowest BCUT2D eigenvalue weighted by Crippen LogP contribution is -2.05. The van der Waals surface area contributed by atoms with Crippen molar-refractivity contribution in [3.05, 3.63) is 33.6 Å². The van der Waals surface area contributed by atoms with E-state index >= 15 is 0 Å². The summed E-state index contributed by atoms with van der Waals surface area (Å²) in [5, 5.41) is 19.3. The van der Waals surface area contributed by atoms with Gasteiger partial charge >= 0.3 is 11.7 Å². The van der Waals surface area contributed by atoms with Crippen molar-refractivity contribution in [1.29, 1.82) is 0 Å². The van der Waals surface area contributed by atoms with Gasteiger partial charge in [-0.3, -0.25) is 10.1 Å². The summed E-state index contributed by atoms with van der Waals surface area (Å²) in [6.07, 6.45) is 0.597. The number of benzene rings is 1. The molecule has 0 atom stereocenters. The lowest BCUT2D eigenvalue weighted by atomic mass is 10.1. The van der Waals surface area contributed by atoms with E-state index in [2.05, 4.69) is 0 Å². The fourth-order valence-corrected chi connectivity index (χ4v) is 1.18. The van der Waals surface area contributed by atoms with E-state index < -0.39 is 28.0 Å². The third-order valence-electron chi connectivity index (χ3n) is 1.94. The van der Waals surface area contributed by atoms with E-state index in [1.54, 1.807) is 6.92 Å². The number of carbonyl (C=O) groups is 1. The molecule has 0 saturated heterocycles. The fraction of sp³-hybridized carbons (Fsp3) is 0.300. The van der Waals surface area contributed by atoms with Crippen LogP contribution >= 0.6 is 0 Å². The van der Waals surface area contributed by atoms with Gasteiger partial charge in [0.15, 0.2) is 5.75 Å². The van der Waals surface area contributed by atoms with Gasteiger partial charge in [0.05, 0.1) is 11.5 Å². The van der Waals surface area contributed by atoms with Crippen LogP contribution in [0.1, 0.15) is 23.7 Å². The van der Waals surface area contributed by atoms with Crippen molar-refractivity contribution in [1.82, 2.24) is 0 Å². The molecule has 0 fully saturated rings. The first-order chi connectivity index (χ1) is 7.97. The van der Waals surface area contributed by atoms with Gasteiger partial charge in [-0.2, -0.15) is 0 Å². The second kappa shape index (κ2) is 5.24. The third kappa shape index (κ3) is 2.90. The first-order valence-corrected chi connectivity index (χ1v) is 4.81. The summed E-state index contributed by atoms with van der Waals surface area (Å²) in [4.78, 5) is 20.5. The molecule has 0 saturated carbocycles. The lowest BCUT2D eigenvalue weighted by molar-refractivity contribution is -0.386. The third-order valence-corrected chi connectivity index (χ3v) is 1.94. The minimum Gasteiger partial charge on any atom is -0.487 e. The van der Waals surface area contributed by atoms with Gasteiger partial charge in [0, 0.05) is 12.1 Å². The molecule has 0 aromatic heterocycles. The summed E-state index contributed by atoms with van der Waals surface area (Å²) in [6, 6.07) is 1.37. The average molecular weight is 243 g/mol. The molecule has 0 aliphatic heterocycles. The maximum atomic E-state index is 13.3. The predicted molar refractivity (Wildman–Crippen MR) is 55.8 cm³/mol. The highest BCUT2D eigenvalue weighted by atomic mass is 19.1. The quantitative estimate of drug-likeness (QED) is 0.632. The zero-order valence-corrected chi connectivity index (χ0v) is 8.97. The first-order valence-electron chi connectivity index (χ1n) is 4.81. The molecule has 6 nitrogen and oxygen atoms in total. The number of nitro groups is 1. The minimum absolute atomic E-state index is 0.187. The molecule has 92 valence electrons. The maximum absolute atomic E-state index is 13.3. The highest BCUT2D eigenvalue weighted by Crippen LogP contribution is 2.30. The average Bonchev–Trinajstić information content (AvgIpc) is 2.25. The van der Waals surface area contributed by atoms with Gasteiger partial charge in [0.25, 0.3) is 0 Å². The first kappa shape index (κ1) is 12.9. The van der Waals surface area contributed by atoms with Gasteiger partial charge in [-0.05, 0) is 6.42 Å². The number of ether oxygens (including phenoxy) is 1. The van der Waals surface area contributed by atoms with Crippen molar-refractivity contribution < 1.29 is 24.0 Å². The Morgan fingerprint density at radius 1 is 1.59 bits per heavy atom. The predicted octanol–water partition coefficient (Wildman–Crippen LogP) is 2.22. The maximum Gasteiger partial charge on any atom is 0.338 e. The van der Waals surface area contributed by atoms with E-state index in [1.807, 2.05) is 0 Å². The van der Waals surface area contributed by atoms with Crippen LogP contribution < -0.4 is 4.74 Å². The topological polar surface area (TPSA) is 89.7 Å². The number of halogens is 1. The number of hydrogen-bond donors (Lipinski definition) is 1. The Bertz CT molecular complexity index is 460. The Kier molecular flexibility index (Phi) is 3.97. The number of carboxylic acid groups (broad SMARTS) is 1. The van der Waals surface area contributed by atoms with E-state index in [0.29, 0.717) is 12.5 Å². The number of nitro benzene ring substituents is 1. The fourth-order valence-electron chi connectivity index (χ4n) is 1.18. The van der Waals surface area contributed by atoms with Crippen molar-refractivity contribution in [2.45, 2.75) is 13.3 Å². The lowest BCUT2D eigenvalue weighted by Gasteiger charge is -2.06. The second-order valence-electron chi connectivity index (χ2n) is 3.21. The smallest absolute Gasteiger partial charge is 0.338 e. The van der Waals surface area contributed by atoms with Gasteiger partial charge in [0.2, 0.25) is 0 Å². The molecule has 7 heteroatoms. The van der Waals surface area contributed by atoms with Crippen molar-refractivity contribution >= 4 is 11.7 Å². The summed E-state index contributed by atoms with van der Waals surface area (Å²) < 4.78 is 18.3. The zero-order chi connectivity index (χ0) is 13.0. The number of nitrogens with zero attached hydrogens (tertiary/aromatic N) is 1. The Morgan fingerprint density at radius 2 is 2.24 bits per heavy atom. The highest BCUT2D eigenvalue weighted by molar-refractivity contribution is 5.89. The van der Waals surface area contributed by atoms with Gasteiger partial charge < -0.3 is 9.84 Å². The molecule has 0 aliphatic rings.